The first-order valence-corrected chi connectivity index (χ1v) is 6.26. The summed E-state index contributed by atoms with van der Waals surface area (Å²) in [5.74, 6) is -0.707. The normalized spacial score (nSPS) is 14.4. The van der Waals surface area contributed by atoms with Crippen molar-refractivity contribution in [2.75, 3.05) is 0 Å². The van der Waals surface area contributed by atoms with Gasteiger partial charge in [0, 0.05) is 5.56 Å². The van der Waals surface area contributed by atoms with Crippen molar-refractivity contribution in [3.63, 3.8) is 0 Å². The maximum Gasteiger partial charge on any atom is 0.128 e. The molecule has 2 aromatic carbocycles. The van der Waals surface area contributed by atoms with Crippen LogP contribution in [0.2, 0.25) is 0 Å². The molecule has 0 aromatic heterocycles. The molecular weight excluding hydrogens is 244 g/mol. The molecule has 1 atom stereocenters. The SMILES string of the molecule is CC(C)C(N)(c1ccc(F)cc1)c1ccccc1F. The van der Waals surface area contributed by atoms with E-state index < -0.39 is 5.54 Å². The molecule has 0 heterocycles. The molecule has 0 aliphatic carbocycles. The lowest BCUT2D eigenvalue weighted by Gasteiger charge is -2.35. The molecule has 1 unspecified atom stereocenters. The number of halogens is 2. The van der Waals surface area contributed by atoms with E-state index in [0.29, 0.717) is 11.1 Å². The zero-order valence-electron chi connectivity index (χ0n) is 11.0. The molecule has 0 aliphatic heterocycles. The third kappa shape index (κ3) is 2.38. The van der Waals surface area contributed by atoms with Gasteiger partial charge in [-0.1, -0.05) is 44.2 Å². The summed E-state index contributed by atoms with van der Waals surface area (Å²) in [6.07, 6.45) is 0. The van der Waals surface area contributed by atoms with Crippen LogP contribution >= 0.6 is 0 Å². The van der Waals surface area contributed by atoms with Crippen LogP contribution in [0.25, 0.3) is 0 Å². The topological polar surface area (TPSA) is 26.0 Å². The lowest BCUT2D eigenvalue weighted by atomic mass is 9.75. The molecular formula is C16H17F2N. The Bertz CT molecular complexity index is 563. The Morgan fingerprint density at radius 2 is 1.53 bits per heavy atom. The van der Waals surface area contributed by atoms with Crippen molar-refractivity contribution in [1.82, 2.24) is 0 Å². The van der Waals surface area contributed by atoms with E-state index in [0.717, 1.165) is 0 Å². The average Bonchev–Trinajstić information content (AvgIpc) is 2.39. The third-order valence-corrected chi connectivity index (χ3v) is 3.55. The van der Waals surface area contributed by atoms with E-state index in [1.807, 2.05) is 13.8 Å². The molecule has 0 amide bonds. The Morgan fingerprint density at radius 3 is 2.05 bits per heavy atom. The van der Waals surface area contributed by atoms with Gasteiger partial charge in [-0.05, 0) is 29.7 Å². The summed E-state index contributed by atoms with van der Waals surface area (Å²) in [6, 6.07) is 12.4. The molecule has 2 rings (SSSR count). The van der Waals surface area contributed by atoms with E-state index in [1.165, 1.54) is 18.2 Å². The van der Waals surface area contributed by atoms with Gasteiger partial charge < -0.3 is 5.73 Å². The third-order valence-electron chi connectivity index (χ3n) is 3.55. The van der Waals surface area contributed by atoms with E-state index in [1.54, 1.807) is 30.3 Å². The van der Waals surface area contributed by atoms with Crippen molar-refractivity contribution in [3.05, 3.63) is 71.3 Å². The molecule has 19 heavy (non-hydrogen) atoms. The number of benzene rings is 2. The van der Waals surface area contributed by atoms with Crippen molar-refractivity contribution in [2.45, 2.75) is 19.4 Å². The van der Waals surface area contributed by atoms with Crippen LogP contribution in [0.5, 0.6) is 0 Å². The molecule has 0 fully saturated rings. The van der Waals surface area contributed by atoms with Crippen LogP contribution in [-0.2, 0) is 5.54 Å². The molecule has 3 heteroatoms. The van der Waals surface area contributed by atoms with Crippen molar-refractivity contribution >= 4 is 0 Å². The van der Waals surface area contributed by atoms with Crippen LogP contribution in [0.4, 0.5) is 8.78 Å². The van der Waals surface area contributed by atoms with Gasteiger partial charge in [0.15, 0.2) is 0 Å². The van der Waals surface area contributed by atoms with Gasteiger partial charge in [-0.2, -0.15) is 0 Å². The van der Waals surface area contributed by atoms with Crippen molar-refractivity contribution in [3.8, 4) is 0 Å². The van der Waals surface area contributed by atoms with E-state index >= 15 is 0 Å². The van der Waals surface area contributed by atoms with Crippen LogP contribution in [0, 0.1) is 17.6 Å². The molecule has 100 valence electrons. The first-order chi connectivity index (χ1) is 8.96. The number of rotatable bonds is 3. The fourth-order valence-corrected chi connectivity index (χ4v) is 2.32. The van der Waals surface area contributed by atoms with Gasteiger partial charge in [-0.15, -0.1) is 0 Å². The fraction of sp³-hybridized carbons (Fsp3) is 0.250. The second-order valence-electron chi connectivity index (χ2n) is 5.01. The maximum absolute atomic E-state index is 14.1. The van der Waals surface area contributed by atoms with Gasteiger partial charge >= 0.3 is 0 Å². The second kappa shape index (κ2) is 5.10. The van der Waals surface area contributed by atoms with Crippen molar-refractivity contribution in [2.24, 2.45) is 11.7 Å². The van der Waals surface area contributed by atoms with Gasteiger partial charge in [0.05, 0.1) is 5.54 Å². The maximum atomic E-state index is 14.1. The predicted molar refractivity (Wildman–Crippen MR) is 72.6 cm³/mol. The van der Waals surface area contributed by atoms with E-state index in [2.05, 4.69) is 0 Å². The van der Waals surface area contributed by atoms with E-state index in [4.69, 9.17) is 5.73 Å². The summed E-state index contributed by atoms with van der Waals surface area (Å²) in [6.45, 7) is 3.85. The number of nitrogens with two attached hydrogens (primary N) is 1. The van der Waals surface area contributed by atoms with Gasteiger partial charge in [-0.25, -0.2) is 8.78 Å². The lowest BCUT2D eigenvalue weighted by Crippen LogP contribution is -2.43. The van der Waals surface area contributed by atoms with Crippen molar-refractivity contribution in [1.29, 1.82) is 0 Å². The fourth-order valence-electron chi connectivity index (χ4n) is 2.32. The van der Waals surface area contributed by atoms with Crippen LogP contribution in [0.3, 0.4) is 0 Å². The molecule has 0 radical (unpaired) electrons. The molecule has 0 bridgehead atoms. The first kappa shape index (κ1) is 13.7. The highest BCUT2D eigenvalue weighted by molar-refractivity contribution is 5.39. The van der Waals surface area contributed by atoms with Crippen molar-refractivity contribution < 1.29 is 8.78 Å². The Labute approximate surface area is 112 Å². The molecule has 0 saturated heterocycles. The molecule has 1 nitrogen and oxygen atoms in total. The Balaban J connectivity index is 2.62. The summed E-state index contributed by atoms with van der Waals surface area (Å²) < 4.78 is 27.1. The minimum Gasteiger partial charge on any atom is -0.317 e. The second-order valence-corrected chi connectivity index (χ2v) is 5.01. The quantitative estimate of drug-likeness (QED) is 0.893. The standard InChI is InChI=1S/C16H17F2N/c1-11(2)16(19,12-7-9-13(17)10-8-12)14-5-3-4-6-15(14)18/h3-11H,19H2,1-2H3. The van der Waals surface area contributed by atoms with Crippen LogP contribution in [0.1, 0.15) is 25.0 Å². The monoisotopic (exact) mass is 261 g/mol. The summed E-state index contributed by atoms with van der Waals surface area (Å²) in [5, 5.41) is 0. The zero-order valence-corrected chi connectivity index (χ0v) is 11.0. The highest BCUT2D eigenvalue weighted by atomic mass is 19.1. The summed E-state index contributed by atoms with van der Waals surface area (Å²) in [4.78, 5) is 0. The molecule has 0 saturated carbocycles. The van der Waals surface area contributed by atoms with E-state index in [-0.39, 0.29) is 17.6 Å². The Morgan fingerprint density at radius 1 is 0.947 bits per heavy atom. The van der Waals surface area contributed by atoms with Crippen LogP contribution in [0.15, 0.2) is 48.5 Å². The van der Waals surface area contributed by atoms with Gasteiger partial charge in [0.2, 0.25) is 0 Å². The molecule has 0 spiro atoms. The minimum atomic E-state index is -0.973. The average molecular weight is 261 g/mol. The highest BCUT2D eigenvalue weighted by Gasteiger charge is 2.35. The van der Waals surface area contributed by atoms with Crippen LogP contribution in [-0.4, -0.2) is 0 Å². The number of hydrogen-bond donors (Lipinski definition) is 1. The minimum absolute atomic E-state index is 0.0325. The molecule has 2 N–H and O–H groups in total. The summed E-state index contributed by atoms with van der Waals surface area (Å²) in [5.41, 5.74) is 6.63. The Kier molecular flexibility index (Phi) is 3.67. The first-order valence-electron chi connectivity index (χ1n) is 6.26. The summed E-state index contributed by atoms with van der Waals surface area (Å²) >= 11 is 0. The van der Waals surface area contributed by atoms with Gasteiger partial charge in [0.25, 0.3) is 0 Å². The lowest BCUT2D eigenvalue weighted by molar-refractivity contribution is 0.367. The smallest absolute Gasteiger partial charge is 0.128 e. The zero-order chi connectivity index (χ0) is 14.0. The summed E-state index contributed by atoms with van der Waals surface area (Å²) in [7, 11) is 0. The van der Waals surface area contributed by atoms with Crippen LogP contribution < -0.4 is 5.73 Å². The Hall–Kier alpha value is -1.74. The van der Waals surface area contributed by atoms with Gasteiger partial charge in [-0.3, -0.25) is 0 Å². The highest BCUT2D eigenvalue weighted by Crippen LogP contribution is 2.35. The molecule has 0 aliphatic rings. The number of hydrogen-bond acceptors (Lipinski definition) is 1. The predicted octanol–water partition coefficient (Wildman–Crippen LogP) is 3.82. The molecule has 2 aromatic rings. The largest absolute Gasteiger partial charge is 0.317 e. The van der Waals surface area contributed by atoms with E-state index in [9.17, 15) is 8.78 Å². The van der Waals surface area contributed by atoms with Gasteiger partial charge in [0.1, 0.15) is 11.6 Å².